The number of amides is 1. The predicted octanol–water partition coefficient (Wildman–Crippen LogP) is 15.5. The van der Waals surface area contributed by atoms with Crippen LogP contribution in [0.1, 0.15) is 278 Å². The molecule has 0 fully saturated rings. The van der Waals surface area contributed by atoms with Gasteiger partial charge in [-0.1, -0.05) is 238 Å². The number of nitrogens with one attached hydrogen (secondary N) is 1. The number of allylic oxidation sites excluding steroid dienone is 4. The molecule has 3 N–H and O–H groups in total. The molecule has 3 atom stereocenters. The maximum Gasteiger partial charge on any atom is 0.306 e. The lowest BCUT2D eigenvalue weighted by Crippen LogP contribution is -2.46. The monoisotopic (exact) mass is 832 g/mol. The van der Waals surface area contributed by atoms with E-state index in [1.54, 1.807) is 0 Å². The Hall–Kier alpha value is -1.66. The van der Waals surface area contributed by atoms with Crippen LogP contribution in [0.3, 0.4) is 0 Å². The minimum absolute atomic E-state index is 0.0692. The molecule has 0 aliphatic heterocycles. The number of ether oxygens (including phenoxy) is 1. The van der Waals surface area contributed by atoms with Crippen LogP contribution in [-0.2, 0) is 14.3 Å². The first-order chi connectivity index (χ1) is 29.0. The van der Waals surface area contributed by atoms with Gasteiger partial charge < -0.3 is 20.3 Å². The van der Waals surface area contributed by atoms with Crippen molar-refractivity contribution in [3.8, 4) is 0 Å². The van der Waals surface area contributed by atoms with E-state index in [1.165, 1.54) is 161 Å². The third kappa shape index (κ3) is 42.8. The summed E-state index contributed by atoms with van der Waals surface area (Å²) in [6.45, 7) is 6.46. The Morgan fingerprint density at radius 3 is 1.29 bits per heavy atom. The highest BCUT2D eigenvalue weighted by atomic mass is 16.5. The fraction of sp³-hybridized carbons (Fsp3) is 0.887. The molecule has 0 saturated carbocycles. The summed E-state index contributed by atoms with van der Waals surface area (Å²) < 4.78 is 5.93. The maximum absolute atomic E-state index is 13.2. The third-order valence-corrected chi connectivity index (χ3v) is 12.1. The average Bonchev–Trinajstić information content (AvgIpc) is 3.23. The molecule has 0 spiro atoms. The molecule has 6 nitrogen and oxygen atoms in total. The fourth-order valence-corrected chi connectivity index (χ4v) is 8.07. The van der Waals surface area contributed by atoms with E-state index >= 15 is 0 Å². The van der Waals surface area contributed by atoms with Crippen LogP contribution in [-0.4, -0.2) is 46.9 Å². The first-order valence-electron chi connectivity index (χ1n) is 26.1. The summed E-state index contributed by atoms with van der Waals surface area (Å²) in [4.78, 5) is 26.1. The highest BCUT2D eigenvalue weighted by Crippen LogP contribution is 2.18. The van der Waals surface area contributed by atoms with Crippen molar-refractivity contribution >= 4 is 11.9 Å². The van der Waals surface area contributed by atoms with Gasteiger partial charge in [-0.2, -0.15) is 0 Å². The molecule has 0 saturated heterocycles. The number of esters is 1. The van der Waals surface area contributed by atoms with Crippen LogP contribution in [0.25, 0.3) is 0 Å². The van der Waals surface area contributed by atoms with Gasteiger partial charge in [0.2, 0.25) is 5.91 Å². The van der Waals surface area contributed by atoms with Crippen LogP contribution in [0.4, 0.5) is 0 Å². The molecule has 0 aliphatic carbocycles. The molecule has 0 aromatic rings. The Morgan fingerprint density at radius 2 is 0.847 bits per heavy atom. The predicted molar refractivity (Wildman–Crippen MR) is 255 cm³/mol. The number of unbranched alkanes of at least 4 members (excludes halogenated alkanes) is 32. The standard InChI is InChI=1S/C53H101NO5/c1-4-7-10-13-16-19-22-25-28-31-34-37-40-43-46-53(58)59-49(44-41-38-35-32-29-26-23-20-17-14-11-8-5-2)47-52(57)54-50(48-55)51(56)45-42-39-36-33-30-27-24-21-18-15-12-9-6-3/h17,20,23,26,49-51,55-56H,4-16,18-19,21-22,24-25,27-48H2,1-3H3,(H,54,57)/b20-17+,26-23+. The van der Waals surface area contributed by atoms with Crippen molar-refractivity contribution in [2.45, 2.75) is 296 Å². The third-order valence-electron chi connectivity index (χ3n) is 12.1. The quantitative estimate of drug-likeness (QED) is 0.0322. The number of hydrogen-bond acceptors (Lipinski definition) is 5. The lowest BCUT2D eigenvalue weighted by Gasteiger charge is -2.24. The molecule has 0 aromatic carbocycles. The number of rotatable bonds is 47. The zero-order valence-corrected chi connectivity index (χ0v) is 39.7. The second-order valence-corrected chi connectivity index (χ2v) is 18.0. The molecule has 0 radical (unpaired) electrons. The molecule has 348 valence electrons. The molecule has 0 aliphatic rings. The summed E-state index contributed by atoms with van der Waals surface area (Å²) in [6, 6.07) is -0.703. The van der Waals surface area contributed by atoms with Gasteiger partial charge in [0.25, 0.3) is 0 Å². The average molecular weight is 832 g/mol. The van der Waals surface area contributed by atoms with Crippen molar-refractivity contribution in [2.75, 3.05) is 6.61 Å². The van der Waals surface area contributed by atoms with Crippen molar-refractivity contribution in [1.29, 1.82) is 0 Å². The van der Waals surface area contributed by atoms with E-state index < -0.39 is 18.2 Å². The smallest absolute Gasteiger partial charge is 0.306 e. The number of hydrogen-bond donors (Lipinski definition) is 3. The molecule has 6 heteroatoms. The molecule has 0 aromatic heterocycles. The van der Waals surface area contributed by atoms with Gasteiger partial charge in [0.15, 0.2) is 0 Å². The van der Waals surface area contributed by atoms with Crippen LogP contribution in [0.2, 0.25) is 0 Å². The molecule has 3 unspecified atom stereocenters. The first kappa shape index (κ1) is 57.3. The number of carbonyl (C=O) groups is 2. The van der Waals surface area contributed by atoms with E-state index in [1.807, 2.05) is 0 Å². The van der Waals surface area contributed by atoms with Gasteiger partial charge in [0, 0.05) is 6.42 Å². The molecular formula is C53H101NO5. The molecular weight excluding hydrogens is 731 g/mol. The number of aliphatic hydroxyl groups is 2. The molecule has 0 bridgehead atoms. The Morgan fingerprint density at radius 1 is 0.492 bits per heavy atom. The Bertz CT molecular complexity index is 935. The Balaban J connectivity index is 4.56. The van der Waals surface area contributed by atoms with Crippen LogP contribution in [0.5, 0.6) is 0 Å². The van der Waals surface area contributed by atoms with Crippen molar-refractivity contribution in [2.24, 2.45) is 0 Å². The van der Waals surface area contributed by atoms with E-state index in [4.69, 9.17) is 4.74 Å². The summed E-state index contributed by atoms with van der Waals surface area (Å²) in [5.41, 5.74) is 0. The van der Waals surface area contributed by atoms with Crippen molar-refractivity contribution in [1.82, 2.24) is 5.32 Å². The van der Waals surface area contributed by atoms with Crippen molar-refractivity contribution in [3.05, 3.63) is 24.3 Å². The zero-order chi connectivity index (χ0) is 43.1. The van der Waals surface area contributed by atoms with Gasteiger partial charge >= 0.3 is 5.97 Å². The largest absolute Gasteiger partial charge is 0.462 e. The van der Waals surface area contributed by atoms with Gasteiger partial charge in [0.05, 0.1) is 25.2 Å². The van der Waals surface area contributed by atoms with E-state index in [2.05, 4.69) is 50.4 Å². The summed E-state index contributed by atoms with van der Waals surface area (Å²) in [5, 5.41) is 23.8. The SMILES string of the molecule is CCCCC/C=C/C=C/CCCCCCC(CC(=O)NC(CO)C(O)CCCCCCCCCCCCCCC)OC(=O)CCCCCCCCCCCCCCCC. The van der Waals surface area contributed by atoms with E-state index in [0.29, 0.717) is 19.3 Å². The maximum atomic E-state index is 13.2. The van der Waals surface area contributed by atoms with Crippen LogP contribution in [0, 0.1) is 0 Å². The Labute approximate surface area is 367 Å². The first-order valence-corrected chi connectivity index (χ1v) is 26.1. The Kier molecular flexibility index (Phi) is 46.1. The second kappa shape index (κ2) is 47.4. The van der Waals surface area contributed by atoms with Gasteiger partial charge in [0.1, 0.15) is 6.10 Å². The lowest BCUT2D eigenvalue weighted by atomic mass is 10.0. The van der Waals surface area contributed by atoms with Gasteiger partial charge in [-0.25, -0.2) is 0 Å². The second-order valence-electron chi connectivity index (χ2n) is 18.0. The van der Waals surface area contributed by atoms with E-state index in [9.17, 15) is 19.8 Å². The fourth-order valence-electron chi connectivity index (χ4n) is 8.07. The topological polar surface area (TPSA) is 95.9 Å². The zero-order valence-electron chi connectivity index (χ0n) is 39.7. The minimum Gasteiger partial charge on any atom is -0.462 e. The van der Waals surface area contributed by atoms with Crippen LogP contribution in [0.15, 0.2) is 24.3 Å². The lowest BCUT2D eigenvalue weighted by molar-refractivity contribution is -0.151. The minimum atomic E-state index is -0.788. The van der Waals surface area contributed by atoms with Gasteiger partial charge in [-0.15, -0.1) is 0 Å². The van der Waals surface area contributed by atoms with Crippen molar-refractivity contribution in [3.63, 3.8) is 0 Å². The molecule has 0 heterocycles. The highest BCUT2D eigenvalue weighted by molar-refractivity contribution is 5.77. The van der Waals surface area contributed by atoms with Gasteiger partial charge in [-0.05, 0) is 51.4 Å². The van der Waals surface area contributed by atoms with Crippen LogP contribution >= 0.6 is 0 Å². The normalized spacial score (nSPS) is 13.4. The summed E-state index contributed by atoms with van der Waals surface area (Å²) in [5.74, 6) is -0.480. The molecule has 59 heavy (non-hydrogen) atoms. The summed E-state index contributed by atoms with van der Waals surface area (Å²) >= 11 is 0. The van der Waals surface area contributed by atoms with Crippen molar-refractivity contribution < 1.29 is 24.5 Å². The highest BCUT2D eigenvalue weighted by Gasteiger charge is 2.24. The van der Waals surface area contributed by atoms with E-state index in [0.717, 1.165) is 70.6 Å². The van der Waals surface area contributed by atoms with Crippen LogP contribution < -0.4 is 5.32 Å². The number of carbonyl (C=O) groups excluding carboxylic acids is 2. The van der Waals surface area contributed by atoms with E-state index in [-0.39, 0.29) is 24.9 Å². The summed E-state index contributed by atoms with van der Waals surface area (Å²) in [7, 11) is 0. The molecule has 0 rings (SSSR count). The molecule has 1 amide bonds. The number of aliphatic hydroxyl groups excluding tert-OH is 2. The summed E-state index contributed by atoms with van der Waals surface area (Å²) in [6.07, 6.45) is 53.7. The van der Waals surface area contributed by atoms with Gasteiger partial charge in [-0.3, -0.25) is 9.59 Å².